The molecule has 1 aromatic heterocycles. The number of sulfonamides is 1. The Morgan fingerprint density at radius 2 is 1.79 bits per heavy atom. The number of rotatable bonds is 6. The van der Waals surface area contributed by atoms with Gasteiger partial charge >= 0.3 is 0 Å². The SMILES string of the molecule is Cn1ccnc1[C@H](NC(=O)C1CCN(S(=O)(=O)c2ccc(C#N)cc2)CC1)c1ccc(Cl)cc1. The average Bonchev–Trinajstić information content (AvgIpc) is 3.28. The lowest BCUT2D eigenvalue weighted by Gasteiger charge is -2.31. The van der Waals surface area contributed by atoms with Crippen molar-refractivity contribution in [3.8, 4) is 6.07 Å². The Morgan fingerprint density at radius 1 is 1.15 bits per heavy atom. The van der Waals surface area contributed by atoms with Crippen molar-refractivity contribution in [3.63, 3.8) is 0 Å². The molecule has 1 fully saturated rings. The van der Waals surface area contributed by atoms with Gasteiger partial charge in [0.1, 0.15) is 11.9 Å². The van der Waals surface area contributed by atoms with Crippen LogP contribution in [0.15, 0.2) is 65.8 Å². The van der Waals surface area contributed by atoms with Gasteiger partial charge in [-0.3, -0.25) is 4.79 Å². The smallest absolute Gasteiger partial charge is 0.243 e. The maximum absolute atomic E-state index is 13.2. The number of carbonyl (C=O) groups is 1. The van der Waals surface area contributed by atoms with E-state index in [4.69, 9.17) is 16.9 Å². The van der Waals surface area contributed by atoms with Gasteiger partial charge in [0.15, 0.2) is 0 Å². The summed E-state index contributed by atoms with van der Waals surface area (Å²) in [5, 5.41) is 12.6. The van der Waals surface area contributed by atoms with E-state index in [1.165, 1.54) is 28.6 Å². The Morgan fingerprint density at radius 3 is 2.35 bits per heavy atom. The lowest BCUT2D eigenvalue weighted by atomic mass is 9.96. The van der Waals surface area contributed by atoms with E-state index in [1.807, 2.05) is 36.0 Å². The first-order chi connectivity index (χ1) is 16.3. The highest BCUT2D eigenvalue weighted by Gasteiger charge is 2.33. The fourth-order valence-corrected chi connectivity index (χ4v) is 5.67. The number of amides is 1. The van der Waals surface area contributed by atoms with Gasteiger partial charge in [0.2, 0.25) is 15.9 Å². The Hall–Kier alpha value is -3.19. The van der Waals surface area contributed by atoms with Crippen molar-refractivity contribution < 1.29 is 13.2 Å². The number of benzene rings is 2. The number of hydrogen-bond acceptors (Lipinski definition) is 5. The largest absolute Gasteiger partial charge is 0.342 e. The molecule has 1 atom stereocenters. The van der Waals surface area contributed by atoms with Crippen LogP contribution < -0.4 is 5.32 Å². The molecule has 8 nitrogen and oxygen atoms in total. The van der Waals surface area contributed by atoms with Crippen LogP contribution in [0.2, 0.25) is 5.02 Å². The van der Waals surface area contributed by atoms with Crippen molar-refractivity contribution in [2.45, 2.75) is 23.8 Å². The second kappa shape index (κ2) is 9.97. The fraction of sp³-hybridized carbons (Fsp3) is 0.292. The number of aryl methyl sites for hydroxylation is 1. The minimum absolute atomic E-state index is 0.140. The molecule has 1 N–H and O–H groups in total. The maximum Gasteiger partial charge on any atom is 0.243 e. The molecule has 1 amide bonds. The number of nitriles is 1. The summed E-state index contributed by atoms with van der Waals surface area (Å²) in [6.45, 7) is 0.489. The number of carbonyl (C=O) groups excluding carboxylic acids is 1. The zero-order valence-electron chi connectivity index (χ0n) is 18.6. The predicted octanol–water partition coefficient (Wildman–Crippen LogP) is 3.25. The van der Waals surface area contributed by atoms with Gasteiger partial charge in [0.05, 0.1) is 16.5 Å². The Labute approximate surface area is 203 Å². The summed E-state index contributed by atoms with van der Waals surface area (Å²) in [5.41, 5.74) is 1.25. The van der Waals surface area contributed by atoms with Crippen LogP contribution in [0.5, 0.6) is 0 Å². The summed E-state index contributed by atoms with van der Waals surface area (Å²) in [4.78, 5) is 17.7. The van der Waals surface area contributed by atoms with Gasteiger partial charge in [-0.05, 0) is 54.8 Å². The van der Waals surface area contributed by atoms with Crippen LogP contribution in [0.4, 0.5) is 0 Å². The second-order valence-corrected chi connectivity index (χ2v) is 10.6. The number of imidazole rings is 1. The monoisotopic (exact) mass is 497 g/mol. The molecule has 1 aliphatic heterocycles. The van der Waals surface area contributed by atoms with E-state index in [2.05, 4.69) is 10.3 Å². The fourth-order valence-electron chi connectivity index (χ4n) is 4.08. The third kappa shape index (κ3) is 4.99. The molecule has 0 spiro atoms. The quantitative estimate of drug-likeness (QED) is 0.562. The highest BCUT2D eigenvalue weighted by Crippen LogP contribution is 2.27. The van der Waals surface area contributed by atoms with Crippen molar-refractivity contribution >= 4 is 27.5 Å². The number of nitrogens with zero attached hydrogens (tertiary/aromatic N) is 4. The zero-order valence-corrected chi connectivity index (χ0v) is 20.1. The van der Waals surface area contributed by atoms with Crippen molar-refractivity contribution in [1.29, 1.82) is 5.26 Å². The molecule has 0 radical (unpaired) electrons. The summed E-state index contributed by atoms with van der Waals surface area (Å²) >= 11 is 6.03. The number of hydrogen-bond donors (Lipinski definition) is 1. The zero-order chi connectivity index (χ0) is 24.3. The summed E-state index contributed by atoms with van der Waals surface area (Å²) in [5.74, 6) is 0.234. The number of nitrogens with one attached hydrogen (secondary N) is 1. The summed E-state index contributed by atoms with van der Waals surface area (Å²) in [6.07, 6.45) is 4.32. The summed E-state index contributed by atoms with van der Waals surface area (Å²) in [7, 11) is -1.82. The van der Waals surface area contributed by atoms with Crippen molar-refractivity contribution in [3.05, 3.63) is 82.9 Å². The number of piperidine rings is 1. The van der Waals surface area contributed by atoms with Gasteiger partial charge in [-0.15, -0.1) is 0 Å². The molecule has 2 aromatic carbocycles. The van der Waals surface area contributed by atoms with Gasteiger partial charge in [-0.2, -0.15) is 9.57 Å². The highest BCUT2D eigenvalue weighted by atomic mass is 35.5. The van der Waals surface area contributed by atoms with Crippen LogP contribution in [0.1, 0.15) is 35.8 Å². The summed E-state index contributed by atoms with van der Waals surface area (Å²) < 4.78 is 29.2. The molecule has 176 valence electrons. The van der Waals surface area contributed by atoms with E-state index < -0.39 is 16.1 Å². The predicted molar refractivity (Wildman–Crippen MR) is 127 cm³/mol. The van der Waals surface area contributed by atoms with Gasteiger partial charge in [-0.25, -0.2) is 13.4 Å². The Kier molecular flexibility index (Phi) is 7.03. The van der Waals surface area contributed by atoms with Crippen LogP contribution in [-0.2, 0) is 21.9 Å². The van der Waals surface area contributed by atoms with E-state index in [1.54, 1.807) is 18.3 Å². The normalized spacial score (nSPS) is 16.0. The second-order valence-electron chi connectivity index (χ2n) is 8.20. The topological polar surface area (TPSA) is 108 Å². The third-order valence-electron chi connectivity index (χ3n) is 6.05. The van der Waals surface area contributed by atoms with E-state index in [9.17, 15) is 13.2 Å². The summed E-state index contributed by atoms with van der Waals surface area (Å²) in [6, 6.07) is 14.6. The molecule has 4 rings (SSSR count). The maximum atomic E-state index is 13.2. The lowest BCUT2D eigenvalue weighted by molar-refractivity contribution is -0.126. The third-order valence-corrected chi connectivity index (χ3v) is 8.22. The molecule has 0 bridgehead atoms. The lowest BCUT2D eigenvalue weighted by Crippen LogP contribution is -2.44. The average molecular weight is 498 g/mol. The van der Waals surface area contributed by atoms with Gasteiger partial charge in [0, 0.05) is 43.5 Å². The molecule has 1 saturated heterocycles. The van der Waals surface area contributed by atoms with Gasteiger partial charge < -0.3 is 9.88 Å². The molecule has 1 aliphatic rings. The van der Waals surface area contributed by atoms with E-state index in [0.717, 1.165) is 5.56 Å². The first kappa shape index (κ1) is 24.0. The van der Waals surface area contributed by atoms with Crippen LogP contribution in [0.25, 0.3) is 0 Å². The molecular formula is C24H24ClN5O3S. The first-order valence-corrected chi connectivity index (χ1v) is 12.6. The first-order valence-electron chi connectivity index (χ1n) is 10.8. The number of aromatic nitrogens is 2. The minimum Gasteiger partial charge on any atom is -0.342 e. The molecule has 2 heterocycles. The van der Waals surface area contributed by atoms with E-state index in [-0.39, 0.29) is 29.8 Å². The van der Waals surface area contributed by atoms with Crippen LogP contribution in [-0.4, -0.2) is 41.3 Å². The van der Waals surface area contributed by atoms with E-state index in [0.29, 0.717) is 29.3 Å². The Bertz CT molecular complexity index is 1310. The molecule has 0 aliphatic carbocycles. The van der Waals surface area contributed by atoms with Crippen LogP contribution in [0.3, 0.4) is 0 Å². The molecule has 34 heavy (non-hydrogen) atoms. The standard InChI is InChI=1S/C24H24ClN5O3S/c1-29-15-12-27-23(29)22(18-4-6-20(25)7-5-18)28-24(31)19-10-13-30(14-11-19)34(32,33)21-8-2-17(16-26)3-9-21/h2-9,12,15,19,22H,10-11,13-14H2,1H3,(H,28,31)/t22-/m1/s1. The van der Waals surface area contributed by atoms with Crippen molar-refractivity contribution in [2.75, 3.05) is 13.1 Å². The Balaban J connectivity index is 1.45. The van der Waals surface area contributed by atoms with Crippen LogP contribution in [0, 0.1) is 17.2 Å². The molecule has 0 saturated carbocycles. The van der Waals surface area contributed by atoms with Crippen LogP contribution >= 0.6 is 11.6 Å². The molecule has 0 unspecified atom stereocenters. The number of halogens is 1. The van der Waals surface area contributed by atoms with E-state index >= 15 is 0 Å². The van der Waals surface area contributed by atoms with Crippen molar-refractivity contribution in [1.82, 2.24) is 19.2 Å². The van der Waals surface area contributed by atoms with Crippen molar-refractivity contribution in [2.24, 2.45) is 13.0 Å². The molecular weight excluding hydrogens is 474 g/mol. The molecule has 10 heteroatoms. The van der Waals surface area contributed by atoms with Gasteiger partial charge in [-0.1, -0.05) is 23.7 Å². The minimum atomic E-state index is -3.68. The molecule has 3 aromatic rings. The highest BCUT2D eigenvalue weighted by molar-refractivity contribution is 7.89. The van der Waals surface area contributed by atoms with Gasteiger partial charge in [0.25, 0.3) is 0 Å².